The minimum Gasteiger partial charge on any atom is -0.480 e. The predicted octanol–water partition coefficient (Wildman–Crippen LogP) is 2.41. The van der Waals surface area contributed by atoms with Crippen molar-refractivity contribution in [1.82, 2.24) is 0 Å². The van der Waals surface area contributed by atoms with E-state index >= 15 is 0 Å². The van der Waals surface area contributed by atoms with Gasteiger partial charge in [-0.15, -0.1) is 0 Å². The Balaban J connectivity index is 2.31. The lowest BCUT2D eigenvalue weighted by Gasteiger charge is -2.19. The van der Waals surface area contributed by atoms with E-state index in [0.717, 1.165) is 11.1 Å². The molecule has 0 saturated heterocycles. The summed E-state index contributed by atoms with van der Waals surface area (Å²) in [6, 6.07) is 16.4. The van der Waals surface area contributed by atoms with E-state index in [1.54, 1.807) is 30.3 Å². The average molecular weight is 314 g/mol. The number of carboxylic acids is 1. The number of benzene rings is 2. The smallest absolute Gasteiger partial charge is 0.324 e. The molecular formula is C16H14N2O3S. The Hall–Kier alpha value is -2.65. The number of rotatable bonds is 5. The van der Waals surface area contributed by atoms with E-state index < -0.39 is 17.0 Å². The number of nitriles is 1. The molecule has 2 aromatic carbocycles. The van der Waals surface area contributed by atoms with E-state index in [1.165, 1.54) is 10.6 Å². The summed E-state index contributed by atoms with van der Waals surface area (Å²) in [5.41, 5.74) is 2.94. The molecule has 0 amide bonds. The zero-order valence-electron chi connectivity index (χ0n) is 11.9. The molecule has 0 aliphatic heterocycles. The molecule has 0 spiro atoms. The summed E-state index contributed by atoms with van der Waals surface area (Å²) in [6.07, 6.45) is 1.44. The van der Waals surface area contributed by atoms with E-state index in [1.807, 2.05) is 18.2 Å². The first-order valence-electron chi connectivity index (χ1n) is 6.44. The summed E-state index contributed by atoms with van der Waals surface area (Å²) in [7, 11) is -1.42. The van der Waals surface area contributed by atoms with Crippen LogP contribution in [-0.2, 0) is 15.8 Å². The predicted molar refractivity (Wildman–Crippen MR) is 85.6 cm³/mol. The topological polar surface area (TPSA) is 81.4 Å². The Morgan fingerprint density at radius 2 is 1.91 bits per heavy atom. The van der Waals surface area contributed by atoms with Gasteiger partial charge in [0.2, 0.25) is 0 Å². The lowest BCUT2D eigenvalue weighted by molar-refractivity contribution is -0.135. The van der Waals surface area contributed by atoms with Crippen molar-refractivity contribution in [1.29, 1.82) is 5.26 Å². The first kappa shape index (κ1) is 15.7. The lowest BCUT2D eigenvalue weighted by atomic mass is 10.0. The maximum atomic E-state index is 11.7. The molecule has 1 atom stereocenters. The normalized spacial score (nSPS) is 11.5. The largest absolute Gasteiger partial charge is 0.480 e. The molecule has 6 heteroatoms. The maximum absolute atomic E-state index is 11.7. The van der Waals surface area contributed by atoms with Crippen molar-refractivity contribution >= 4 is 22.6 Å². The number of hydrogen-bond donors (Lipinski definition) is 1. The zero-order chi connectivity index (χ0) is 16.1. The minimum atomic E-state index is -1.42. The molecule has 0 fully saturated rings. The highest BCUT2D eigenvalue weighted by Crippen LogP contribution is 2.24. The van der Waals surface area contributed by atoms with Crippen molar-refractivity contribution in [2.45, 2.75) is 0 Å². The van der Waals surface area contributed by atoms with Crippen molar-refractivity contribution in [3.8, 4) is 17.2 Å². The maximum Gasteiger partial charge on any atom is 0.324 e. The Bertz CT molecular complexity index is 751. The second kappa shape index (κ2) is 6.87. The van der Waals surface area contributed by atoms with Crippen LogP contribution in [0.25, 0.3) is 11.1 Å². The van der Waals surface area contributed by atoms with Gasteiger partial charge >= 0.3 is 5.97 Å². The van der Waals surface area contributed by atoms with Crippen LogP contribution in [0.15, 0.2) is 48.5 Å². The first-order valence-corrected chi connectivity index (χ1v) is 7.96. The van der Waals surface area contributed by atoms with Crippen LogP contribution in [0.5, 0.6) is 0 Å². The highest BCUT2D eigenvalue weighted by molar-refractivity contribution is 7.85. The lowest BCUT2D eigenvalue weighted by Crippen LogP contribution is -2.30. The fourth-order valence-corrected chi connectivity index (χ4v) is 2.75. The van der Waals surface area contributed by atoms with Gasteiger partial charge in [0.1, 0.15) is 17.5 Å². The second-order valence-corrected chi connectivity index (χ2v) is 5.88. The quantitative estimate of drug-likeness (QED) is 0.919. The van der Waals surface area contributed by atoms with E-state index in [-0.39, 0.29) is 6.54 Å². The van der Waals surface area contributed by atoms with Crippen LogP contribution in [0.2, 0.25) is 0 Å². The minimum absolute atomic E-state index is 0.327. The van der Waals surface area contributed by atoms with Gasteiger partial charge in [0.05, 0.1) is 11.6 Å². The molecule has 0 saturated carbocycles. The van der Waals surface area contributed by atoms with Crippen molar-refractivity contribution in [3.05, 3.63) is 54.1 Å². The molecule has 0 aromatic heterocycles. The Morgan fingerprint density at radius 1 is 1.23 bits per heavy atom. The molecule has 2 rings (SSSR count). The van der Waals surface area contributed by atoms with Crippen LogP contribution in [-0.4, -0.2) is 28.1 Å². The van der Waals surface area contributed by atoms with Gasteiger partial charge in [-0.1, -0.05) is 24.3 Å². The summed E-state index contributed by atoms with van der Waals surface area (Å²) in [4.78, 5) is 10.8. The van der Waals surface area contributed by atoms with Crippen molar-refractivity contribution in [3.63, 3.8) is 0 Å². The molecule has 1 unspecified atom stereocenters. The van der Waals surface area contributed by atoms with Gasteiger partial charge in [0, 0.05) is 11.9 Å². The molecule has 5 nitrogen and oxygen atoms in total. The van der Waals surface area contributed by atoms with Gasteiger partial charge in [-0.05, 0) is 35.4 Å². The fraction of sp³-hybridized carbons (Fsp3) is 0.125. The highest BCUT2D eigenvalue weighted by atomic mass is 32.2. The molecular weight excluding hydrogens is 300 g/mol. The first-order chi connectivity index (χ1) is 10.5. The van der Waals surface area contributed by atoms with Crippen LogP contribution in [0.1, 0.15) is 5.56 Å². The van der Waals surface area contributed by atoms with Gasteiger partial charge in [-0.2, -0.15) is 5.26 Å². The summed E-state index contributed by atoms with van der Waals surface area (Å²) >= 11 is 0. The third kappa shape index (κ3) is 3.71. The number of anilines is 1. The molecule has 22 heavy (non-hydrogen) atoms. The number of hydrogen-bond acceptors (Lipinski definition) is 3. The molecule has 0 bridgehead atoms. The Labute approximate surface area is 131 Å². The van der Waals surface area contributed by atoms with Crippen LogP contribution in [0.3, 0.4) is 0 Å². The monoisotopic (exact) mass is 314 g/mol. The number of aliphatic carboxylic acids is 1. The van der Waals surface area contributed by atoms with E-state index in [9.17, 15) is 9.00 Å². The number of nitrogens with zero attached hydrogens (tertiary/aromatic N) is 2. The third-order valence-electron chi connectivity index (χ3n) is 3.07. The van der Waals surface area contributed by atoms with E-state index in [2.05, 4.69) is 6.07 Å². The second-order valence-electron chi connectivity index (χ2n) is 4.59. The van der Waals surface area contributed by atoms with Crippen molar-refractivity contribution < 1.29 is 14.1 Å². The van der Waals surface area contributed by atoms with Crippen molar-refractivity contribution in [2.24, 2.45) is 0 Å². The average Bonchev–Trinajstić information content (AvgIpc) is 2.52. The SMILES string of the molecule is CS(=O)N(CC(=O)O)c1ccc(-c2cccc(C#N)c2)cc1. The zero-order valence-corrected chi connectivity index (χ0v) is 12.7. The standard InChI is InChI=1S/C16H14N2O3S/c1-22(21)18(11-16(19)20)15-7-5-13(6-8-15)14-4-2-3-12(9-14)10-17/h2-9H,11H2,1H3,(H,19,20). The van der Waals surface area contributed by atoms with E-state index in [0.29, 0.717) is 11.3 Å². The van der Waals surface area contributed by atoms with Crippen LogP contribution in [0, 0.1) is 11.3 Å². The molecule has 112 valence electrons. The van der Waals surface area contributed by atoms with Crippen LogP contribution >= 0.6 is 0 Å². The fourth-order valence-electron chi connectivity index (χ4n) is 2.04. The highest BCUT2D eigenvalue weighted by Gasteiger charge is 2.14. The van der Waals surface area contributed by atoms with Crippen LogP contribution in [0.4, 0.5) is 5.69 Å². The van der Waals surface area contributed by atoms with Gasteiger partial charge in [-0.3, -0.25) is 9.10 Å². The summed E-state index contributed by atoms with van der Waals surface area (Å²) in [5, 5.41) is 17.8. The van der Waals surface area contributed by atoms with Crippen LogP contribution < -0.4 is 4.31 Å². The van der Waals surface area contributed by atoms with Gasteiger partial charge in [0.15, 0.2) is 0 Å². The molecule has 0 aliphatic rings. The molecule has 2 aromatic rings. The molecule has 0 aliphatic carbocycles. The number of carbonyl (C=O) groups is 1. The van der Waals surface area contributed by atoms with Gasteiger partial charge < -0.3 is 5.11 Å². The van der Waals surface area contributed by atoms with E-state index in [4.69, 9.17) is 10.4 Å². The van der Waals surface area contributed by atoms with Gasteiger partial charge in [0.25, 0.3) is 0 Å². The summed E-state index contributed by atoms with van der Waals surface area (Å²) in [5.74, 6) is -1.04. The Kier molecular flexibility index (Phi) is 4.92. The summed E-state index contributed by atoms with van der Waals surface area (Å²) < 4.78 is 13.0. The van der Waals surface area contributed by atoms with Gasteiger partial charge in [-0.25, -0.2) is 4.21 Å². The summed E-state index contributed by atoms with van der Waals surface area (Å²) in [6.45, 7) is -0.327. The molecule has 1 N–H and O–H groups in total. The van der Waals surface area contributed by atoms with Crippen molar-refractivity contribution in [2.75, 3.05) is 17.1 Å². The third-order valence-corrected chi connectivity index (χ3v) is 4.03. The molecule has 0 heterocycles. The molecule has 0 radical (unpaired) electrons. The number of carboxylic acid groups (broad SMARTS) is 1. The Morgan fingerprint density at radius 3 is 2.45 bits per heavy atom.